The summed E-state index contributed by atoms with van der Waals surface area (Å²) in [6.45, 7) is 0. The van der Waals surface area contributed by atoms with Crippen LogP contribution in [0.2, 0.25) is 0 Å². The van der Waals surface area contributed by atoms with Crippen LogP contribution in [-0.4, -0.2) is 19.2 Å². The third-order valence-electron chi connectivity index (χ3n) is 3.38. The number of hydrogen-bond donors (Lipinski definition) is 0. The van der Waals surface area contributed by atoms with Crippen LogP contribution in [0.3, 0.4) is 0 Å². The van der Waals surface area contributed by atoms with Crippen LogP contribution in [0.15, 0.2) is 48.7 Å². The van der Waals surface area contributed by atoms with Crippen molar-refractivity contribution >= 4 is 10.8 Å². The highest BCUT2D eigenvalue weighted by Gasteiger charge is 2.10. The largest absolute Gasteiger partial charge is 0.493 e. The third-order valence-corrected chi connectivity index (χ3v) is 3.38. The molecule has 21 heavy (non-hydrogen) atoms. The van der Waals surface area contributed by atoms with Gasteiger partial charge in [0.2, 0.25) is 0 Å². The van der Waals surface area contributed by atoms with Crippen LogP contribution in [0.1, 0.15) is 0 Å². The second kappa shape index (κ2) is 5.40. The molecule has 4 heteroatoms. The monoisotopic (exact) mass is 283 g/mol. The molecule has 3 rings (SSSR count). The molecule has 0 aliphatic rings. The van der Waals surface area contributed by atoms with E-state index in [9.17, 15) is 4.39 Å². The Hall–Kier alpha value is -2.62. The zero-order valence-electron chi connectivity index (χ0n) is 11.8. The Morgan fingerprint density at radius 3 is 2.38 bits per heavy atom. The van der Waals surface area contributed by atoms with Gasteiger partial charge in [0.15, 0.2) is 11.5 Å². The third kappa shape index (κ3) is 2.40. The Morgan fingerprint density at radius 2 is 1.71 bits per heavy atom. The number of rotatable bonds is 3. The van der Waals surface area contributed by atoms with Gasteiger partial charge in [0.05, 0.1) is 19.9 Å². The standard InChI is InChI=1S/C17H14FNO2/c1-20-16-8-5-12-9-15(11-3-6-13(18)7-4-11)19-10-14(12)17(16)21-2/h3-10H,1-2H3. The molecule has 2 aromatic carbocycles. The van der Waals surface area contributed by atoms with E-state index < -0.39 is 0 Å². The average Bonchev–Trinajstić information content (AvgIpc) is 2.53. The molecule has 0 N–H and O–H groups in total. The molecule has 0 aliphatic carbocycles. The van der Waals surface area contributed by atoms with Crippen molar-refractivity contribution in [2.75, 3.05) is 14.2 Å². The van der Waals surface area contributed by atoms with E-state index in [1.165, 1.54) is 12.1 Å². The summed E-state index contributed by atoms with van der Waals surface area (Å²) in [5.74, 6) is 1.07. The minimum atomic E-state index is -0.258. The minimum absolute atomic E-state index is 0.258. The van der Waals surface area contributed by atoms with Crippen molar-refractivity contribution in [3.05, 3.63) is 54.5 Å². The van der Waals surface area contributed by atoms with E-state index >= 15 is 0 Å². The van der Waals surface area contributed by atoms with E-state index in [1.807, 2.05) is 18.2 Å². The number of pyridine rings is 1. The van der Waals surface area contributed by atoms with E-state index in [4.69, 9.17) is 9.47 Å². The first-order valence-corrected chi connectivity index (χ1v) is 6.49. The summed E-state index contributed by atoms with van der Waals surface area (Å²) in [4.78, 5) is 4.43. The van der Waals surface area contributed by atoms with Crippen LogP contribution >= 0.6 is 0 Å². The van der Waals surface area contributed by atoms with Gasteiger partial charge in [0.25, 0.3) is 0 Å². The molecule has 0 aliphatic heterocycles. The maximum Gasteiger partial charge on any atom is 0.170 e. The van der Waals surface area contributed by atoms with Crippen LogP contribution < -0.4 is 9.47 Å². The van der Waals surface area contributed by atoms with Gasteiger partial charge in [0.1, 0.15) is 5.82 Å². The summed E-state index contributed by atoms with van der Waals surface area (Å²) >= 11 is 0. The maximum atomic E-state index is 13.0. The molecule has 3 aromatic rings. The van der Waals surface area contributed by atoms with Gasteiger partial charge >= 0.3 is 0 Å². The molecule has 106 valence electrons. The molecular weight excluding hydrogens is 269 g/mol. The molecule has 0 amide bonds. The van der Waals surface area contributed by atoms with Crippen LogP contribution in [0, 0.1) is 5.82 Å². The van der Waals surface area contributed by atoms with Crippen molar-refractivity contribution < 1.29 is 13.9 Å². The SMILES string of the molecule is COc1ccc2cc(-c3ccc(F)cc3)ncc2c1OC. The molecular formula is C17H14FNO2. The van der Waals surface area contributed by atoms with Gasteiger partial charge in [-0.2, -0.15) is 0 Å². The van der Waals surface area contributed by atoms with Crippen LogP contribution in [0.4, 0.5) is 4.39 Å². The first kappa shape index (κ1) is 13.4. The van der Waals surface area contributed by atoms with Crippen molar-refractivity contribution in [2.24, 2.45) is 0 Å². The van der Waals surface area contributed by atoms with Gasteiger partial charge in [-0.05, 0) is 41.8 Å². The van der Waals surface area contributed by atoms with E-state index in [0.717, 1.165) is 22.0 Å². The topological polar surface area (TPSA) is 31.4 Å². The van der Waals surface area contributed by atoms with Crippen molar-refractivity contribution in [2.45, 2.75) is 0 Å². The molecule has 1 heterocycles. The number of halogens is 1. The highest BCUT2D eigenvalue weighted by molar-refractivity contribution is 5.92. The zero-order chi connectivity index (χ0) is 14.8. The molecule has 0 saturated heterocycles. The van der Waals surface area contributed by atoms with Gasteiger partial charge in [-0.3, -0.25) is 4.98 Å². The maximum absolute atomic E-state index is 13.0. The normalized spacial score (nSPS) is 10.6. The number of fused-ring (bicyclic) bond motifs is 1. The van der Waals surface area contributed by atoms with Gasteiger partial charge in [-0.1, -0.05) is 6.07 Å². The lowest BCUT2D eigenvalue weighted by atomic mass is 10.1. The molecule has 0 unspecified atom stereocenters. The number of benzene rings is 2. The van der Waals surface area contributed by atoms with Gasteiger partial charge < -0.3 is 9.47 Å². The Morgan fingerprint density at radius 1 is 0.952 bits per heavy atom. The minimum Gasteiger partial charge on any atom is -0.493 e. The van der Waals surface area contributed by atoms with Crippen LogP contribution in [0.25, 0.3) is 22.0 Å². The van der Waals surface area contributed by atoms with Gasteiger partial charge in [0, 0.05) is 17.1 Å². The summed E-state index contributed by atoms with van der Waals surface area (Å²) in [7, 11) is 3.20. The summed E-state index contributed by atoms with van der Waals surface area (Å²) in [6, 6.07) is 12.0. The average molecular weight is 283 g/mol. The lowest BCUT2D eigenvalue weighted by molar-refractivity contribution is 0.358. The van der Waals surface area contributed by atoms with E-state index in [2.05, 4.69) is 4.98 Å². The number of nitrogens with zero attached hydrogens (tertiary/aromatic N) is 1. The summed E-state index contributed by atoms with van der Waals surface area (Å²) < 4.78 is 23.7. The first-order chi connectivity index (χ1) is 10.2. The number of ether oxygens (including phenoxy) is 2. The molecule has 0 saturated carbocycles. The Balaban J connectivity index is 2.15. The lowest BCUT2D eigenvalue weighted by Gasteiger charge is -2.11. The number of hydrogen-bond acceptors (Lipinski definition) is 3. The second-order valence-corrected chi connectivity index (χ2v) is 4.60. The highest BCUT2D eigenvalue weighted by atomic mass is 19.1. The predicted octanol–water partition coefficient (Wildman–Crippen LogP) is 4.06. The quantitative estimate of drug-likeness (QED) is 0.726. The molecule has 0 fully saturated rings. The molecule has 0 atom stereocenters. The molecule has 0 radical (unpaired) electrons. The van der Waals surface area contributed by atoms with Crippen molar-refractivity contribution in [3.63, 3.8) is 0 Å². The molecule has 1 aromatic heterocycles. The number of aromatic nitrogens is 1. The fourth-order valence-corrected chi connectivity index (χ4v) is 2.32. The van der Waals surface area contributed by atoms with Crippen molar-refractivity contribution in [1.82, 2.24) is 4.98 Å². The lowest BCUT2D eigenvalue weighted by Crippen LogP contribution is -1.93. The highest BCUT2D eigenvalue weighted by Crippen LogP contribution is 2.36. The van der Waals surface area contributed by atoms with E-state index in [-0.39, 0.29) is 5.82 Å². The molecule has 0 spiro atoms. The molecule has 0 bridgehead atoms. The summed E-state index contributed by atoms with van der Waals surface area (Å²) in [6.07, 6.45) is 1.75. The smallest absolute Gasteiger partial charge is 0.170 e. The Kier molecular flexibility index (Phi) is 3.44. The van der Waals surface area contributed by atoms with Crippen molar-refractivity contribution in [1.29, 1.82) is 0 Å². The summed E-state index contributed by atoms with van der Waals surface area (Å²) in [5, 5.41) is 1.87. The van der Waals surface area contributed by atoms with E-state index in [1.54, 1.807) is 32.5 Å². The van der Waals surface area contributed by atoms with Crippen LogP contribution in [-0.2, 0) is 0 Å². The Labute approximate surface area is 122 Å². The Bertz CT molecular complexity index is 785. The second-order valence-electron chi connectivity index (χ2n) is 4.60. The van der Waals surface area contributed by atoms with Gasteiger partial charge in [-0.15, -0.1) is 0 Å². The van der Waals surface area contributed by atoms with Crippen molar-refractivity contribution in [3.8, 4) is 22.8 Å². The predicted molar refractivity (Wildman–Crippen MR) is 80.2 cm³/mol. The van der Waals surface area contributed by atoms with Crippen LogP contribution in [0.5, 0.6) is 11.5 Å². The fraction of sp³-hybridized carbons (Fsp3) is 0.118. The number of methoxy groups -OCH3 is 2. The zero-order valence-corrected chi connectivity index (χ0v) is 11.8. The van der Waals surface area contributed by atoms with Gasteiger partial charge in [-0.25, -0.2) is 4.39 Å². The first-order valence-electron chi connectivity index (χ1n) is 6.49. The molecule has 3 nitrogen and oxygen atoms in total. The summed E-state index contributed by atoms with van der Waals surface area (Å²) in [5.41, 5.74) is 1.66. The fourth-order valence-electron chi connectivity index (χ4n) is 2.32. The van der Waals surface area contributed by atoms with E-state index in [0.29, 0.717) is 11.5 Å².